The summed E-state index contributed by atoms with van der Waals surface area (Å²) in [7, 11) is 0. The number of ether oxygens (including phenoxy) is 1. The summed E-state index contributed by atoms with van der Waals surface area (Å²) >= 11 is 2.83. The van der Waals surface area contributed by atoms with Crippen molar-refractivity contribution < 1.29 is 70.8 Å². The molecule has 0 fully saturated rings. The summed E-state index contributed by atoms with van der Waals surface area (Å²) in [5.74, 6) is -2.37. The molecule has 23 heavy (non-hydrogen) atoms. The number of thiazole rings is 1. The number of carbonyl (C=O) groups is 2. The molecule has 0 saturated heterocycles. The quantitative estimate of drug-likeness (QED) is 0.337. The van der Waals surface area contributed by atoms with Crippen LogP contribution in [0.2, 0.25) is 0 Å². The molecule has 5 nitrogen and oxygen atoms in total. The van der Waals surface area contributed by atoms with Gasteiger partial charge in [0, 0.05) is 17.6 Å². The van der Waals surface area contributed by atoms with Crippen molar-refractivity contribution in [1.29, 1.82) is 0 Å². The number of hydrogen-bond donors (Lipinski definition) is 0. The van der Waals surface area contributed by atoms with Gasteiger partial charge in [-0.15, -0.1) is 11.3 Å². The van der Waals surface area contributed by atoms with E-state index >= 15 is 0 Å². The van der Waals surface area contributed by atoms with Crippen LogP contribution in [-0.2, 0) is 14.3 Å². The maximum atomic E-state index is 11.5. The average Bonchev–Trinajstić information content (AvgIpc) is 2.91. The van der Waals surface area contributed by atoms with Crippen molar-refractivity contribution in [2.24, 2.45) is 5.92 Å². The Balaban J connectivity index is 0.00000264. The van der Waals surface area contributed by atoms with Crippen LogP contribution in [0.3, 0.4) is 0 Å². The van der Waals surface area contributed by atoms with Crippen molar-refractivity contribution in [3.05, 3.63) is 24.3 Å². The summed E-state index contributed by atoms with van der Waals surface area (Å²) in [5, 5.41) is 11.2. The molecule has 0 bridgehead atoms. The number of thioether (sulfide) groups is 1. The van der Waals surface area contributed by atoms with Crippen LogP contribution < -0.4 is 56.5 Å². The number of aromatic nitrogens is 1. The van der Waals surface area contributed by atoms with E-state index in [0.717, 1.165) is 14.6 Å². The van der Waals surface area contributed by atoms with Gasteiger partial charge in [-0.1, -0.05) is 30.8 Å². The number of carboxylic acid groups (broad SMARTS) is 1. The van der Waals surface area contributed by atoms with E-state index in [0.29, 0.717) is 13.0 Å². The van der Waals surface area contributed by atoms with Crippen molar-refractivity contribution in [3.8, 4) is 0 Å². The number of fused-ring (bicyclic) bond motifs is 1. The molecule has 2 aromatic rings. The molecule has 1 heterocycles. The zero-order valence-electron chi connectivity index (χ0n) is 13.1. The fourth-order valence-corrected chi connectivity index (χ4v) is 3.94. The Morgan fingerprint density at radius 1 is 1.39 bits per heavy atom. The third-order valence-electron chi connectivity index (χ3n) is 2.90. The van der Waals surface area contributed by atoms with Gasteiger partial charge in [0.05, 0.1) is 23.2 Å². The van der Waals surface area contributed by atoms with Gasteiger partial charge in [0.25, 0.3) is 0 Å². The number of nitrogens with zero attached hydrogens (tertiary/aromatic N) is 1. The number of hydrogen-bond acceptors (Lipinski definition) is 7. The maximum Gasteiger partial charge on any atom is 1.00 e. The summed E-state index contributed by atoms with van der Waals surface area (Å²) in [6.07, 6.45) is 0.544. The van der Waals surface area contributed by atoms with E-state index in [-0.39, 0.29) is 63.6 Å². The number of rotatable bonds is 8. The van der Waals surface area contributed by atoms with Crippen molar-refractivity contribution >= 4 is 45.3 Å². The molecule has 0 aliphatic carbocycles. The number of aliphatic carboxylic acids is 1. The minimum absolute atomic E-state index is 0. The zero-order chi connectivity index (χ0) is 15.9. The molecule has 1 aromatic carbocycles. The Kier molecular flexibility index (Phi) is 9.91. The average molecular weight is 378 g/mol. The van der Waals surface area contributed by atoms with E-state index in [1.165, 1.54) is 23.1 Å². The molecule has 118 valence electrons. The predicted molar refractivity (Wildman–Crippen MR) is 84.7 cm³/mol. The first-order chi connectivity index (χ1) is 10.6. The fraction of sp³-hybridized carbons (Fsp3) is 0.400. The van der Waals surface area contributed by atoms with Crippen molar-refractivity contribution in [2.45, 2.75) is 24.1 Å². The van der Waals surface area contributed by atoms with Crippen LogP contribution in [0.4, 0.5) is 0 Å². The summed E-state index contributed by atoms with van der Waals surface area (Å²) in [6, 6.07) is 7.72. The number of para-hydroxylation sites is 1. The SMILES string of the molecule is CCCOC(=O)CC(CSc1nc2ccccc2s1)C(=O)[O-].[K+]. The number of esters is 1. The van der Waals surface area contributed by atoms with Crippen LogP contribution in [0.5, 0.6) is 0 Å². The van der Waals surface area contributed by atoms with Gasteiger partial charge in [-0.3, -0.25) is 4.79 Å². The van der Waals surface area contributed by atoms with Gasteiger partial charge in [-0.05, 0) is 18.6 Å². The summed E-state index contributed by atoms with van der Waals surface area (Å²) in [5.41, 5.74) is 0.891. The van der Waals surface area contributed by atoms with E-state index in [9.17, 15) is 14.7 Å². The monoisotopic (exact) mass is 377 g/mol. The Morgan fingerprint density at radius 3 is 2.78 bits per heavy atom. The minimum Gasteiger partial charge on any atom is -0.550 e. The second-order valence-corrected chi connectivity index (χ2v) is 7.00. The molecule has 1 atom stereocenters. The molecule has 8 heteroatoms. The molecule has 0 saturated carbocycles. The molecule has 0 spiro atoms. The van der Waals surface area contributed by atoms with Gasteiger partial charge in [-0.2, -0.15) is 0 Å². The van der Waals surface area contributed by atoms with Crippen LogP contribution >= 0.6 is 23.1 Å². The van der Waals surface area contributed by atoms with Crippen molar-refractivity contribution in [2.75, 3.05) is 12.4 Å². The molecule has 1 unspecified atom stereocenters. The first-order valence-corrected chi connectivity index (χ1v) is 8.75. The van der Waals surface area contributed by atoms with Crippen LogP contribution in [0.15, 0.2) is 28.6 Å². The van der Waals surface area contributed by atoms with Crippen LogP contribution in [0.1, 0.15) is 19.8 Å². The number of carboxylic acids is 1. The normalized spacial score (nSPS) is 11.7. The molecular weight excluding hydrogens is 361 g/mol. The van der Waals surface area contributed by atoms with Gasteiger partial charge in [-0.25, -0.2) is 4.98 Å². The summed E-state index contributed by atoms with van der Waals surface area (Å²) in [6.45, 7) is 2.19. The van der Waals surface area contributed by atoms with Gasteiger partial charge in [0.1, 0.15) is 0 Å². The third kappa shape index (κ3) is 6.81. The Morgan fingerprint density at radius 2 is 2.13 bits per heavy atom. The third-order valence-corrected chi connectivity index (χ3v) is 5.24. The fourth-order valence-electron chi connectivity index (χ4n) is 1.77. The number of benzene rings is 1. The first kappa shape index (κ1) is 21.1. The summed E-state index contributed by atoms with van der Waals surface area (Å²) < 4.78 is 6.76. The molecular formula is C15H16KNO4S2. The second-order valence-electron chi connectivity index (χ2n) is 4.70. The van der Waals surface area contributed by atoms with Crippen LogP contribution in [0, 0.1) is 5.92 Å². The molecule has 0 N–H and O–H groups in total. The Labute approximate surface area is 185 Å². The van der Waals surface area contributed by atoms with E-state index in [1.807, 2.05) is 31.2 Å². The second kappa shape index (κ2) is 10.8. The Hall–Kier alpha value is 0.0364. The zero-order valence-corrected chi connectivity index (χ0v) is 17.9. The molecule has 2 rings (SSSR count). The topological polar surface area (TPSA) is 79.3 Å². The first-order valence-electron chi connectivity index (χ1n) is 6.95. The van der Waals surface area contributed by atoms with Gasteiger partial charge < -0.3 is 14.6 Å². The van der Waals surface area contributed by atoms with Crippen molar-refractivity contribution in [3.63, 3.8) is 0 Å². The Bertz CT molecular complexity index is 629. The van der Waals surface area contributed by atoms with E-state index < -0.39 is 17.9 Å². The van der Waals surface area contributed by atoms with Gasteiger partial charge >= 0.3 is 57.4 Å². The molecule has 0 amide bonds. The standard InChI is InChI=1S/C15H17NO4S2.K/c1-2-7-20-13(17)8-10(14(18)19)9-21-15-16-11-5-3-4-6-12(11)22-15;/h3-6,10H,2,7-9H2,1H3,(H,18,19);/q;+1/p-1. The smallest absolute Gasteiger partial charge is 0.550 e. The largest absolute Gasteiger partial charge is 1.00 e. The van der Waals surface area contributed by atoms with Gasteiger partial charge in [0.15, 0.2) is 4.34 Å². The van der Waals surface area contributed by atoms with Crippen LogP contribution in [-0.4, -0.2) is 29.3 Å². The van der Waals surface area contributed by atoms with E-state index in [1.54, 1.807) is 0 Å². The van der Waals surface area contributed by atoms with E-state index in [4.69, 9.17) is 4.74 Å². The minimum atomic E-state index is -1.23. The molecule has 0 radical (unpaired) electrons. The van der Waals surface area contributed by atoms with E-state index in [2.05, 4.69) is 4.98 Å². The molecule has 0 aliphatic rings. The predicted octanol–water partition coefficient (Wildman–Crippen LogP) is -0.898. The van der Waals surface area contributed by atoms with Gasteiger partial charge in [0.2, 0.25) is 0 Å². The maximum absolute atomic E-state index is 11.5. The van der Waals surface area contributed by atoms with Crippen molar-refractivity contribution in [1.82, 2.24) is 4.98 Å². The summed E-state index contributed by atoms with van der Waals surface area (Å²) in [4.78, 5) is 27.1. The molecule has 1 aromatic heterocycles. The number of carbonyl (C=O) groups excluding carboxylic acids is 2. The van der Waals surface area contributed by atoms with Crippen LogP contribution in [0.25, 0.3) is 10.2 Å². The molecule has 0 aliphatic heterocycles.